The minimum Gasteiger partial charge on any atom is 0 e. The summed E-state index contributed by atoms with van der Waals surface area (Å²) in [5.74, 6) is 7.28. The molecule has 1 radical (unpaired) electrons. The van der Waals surface area contributed by atoms with Crippen LogP contribution in [0.15, 0.2) is 78.7 Å². The SMILES string of the molecule is CC(=O)/C=C(/C)O.Cc1c[c]([Ge]([CH3])([CH3])[CH3])c2ccc3c(-c4[c-]c5ccccc5c(C#N)c4)nccc3c2c1.[Ir]. The number of aliphatic hydroxyl groups is 1. The fraction of sp³-hybridized carbons (Fsp3) is 0.182. The maximum absolute atomic E-state index is 10.0. The second kappa shape index (κ2) is 12.3. The van der Waals surface area contributed by atoms with Crippen molar-refractivity contribution in [2.45, 2.75) is 38.0 Å². The molecule has 0 amide bonds. The van der Waals surface area contributed by atoms with Gasteiger partial charge in [0, 0.05) is 26.2 Å². The number of nitrogens with zero attached hydrogens (tertiary/aromatic N) is 2. The van der Waals surface area contributed by atoms with E-state index in [0.29, 0.717) is 5.56 Å². The summed E-state index contributed by atoms with van der Waals surface area (Å²) in [5.41, 5.74) is 3.70. The van der Waals surface area contributed by atoms with Crippen LogP contribution in [0.2, 0.25) is 17.3 Å². The molecule has 0 unspecified atom stereocenters. The van der Waals surface area contributed by atoms with Crippen molar-refractivity contribution in [1.29, 1.82) is 5.26 Å². The minimum absolute atomic E-state index is 0. The van der Waals surface area contributed by atoms with Crippen LogP contribution in [-0.2, 0) is 24.9 Å². The minimum atomic E-state index is -2.04. The predicted octanol–water partition coefficient (Wildman–Crippen LogP) is 7.77. The number of aliphatic hydroxyl groups excluding tert-OH is 1. The van der Waals surface area contributed by atoms with Crippen LogP contribution >= 0.6 is 0 Å². The van der Waals surface area contributed by atoms with Gasteiger partial charge in [0.25, 0.3) is 0 Å². The van der Waals surface area contributed by atoms with Gasteiger partial charge >= 0.3 is 186 Å². The van der Waals surface area contributed by atoms with Crippen molar-refractivity contribution in [3.63, 3.8) is 0 Å². The molecule has 0 aliphatic rings. The normalized spacial score (nSPS) is 11.5. The first kappa shape index (κ1) is 30.2. The van der Waals surface area contributed by atoms with E-state index in [1.165, 1.54) is 41.6 Å². The Kier molecular flexibility index (Phi) is 9.51. The number of carbonyl (C=O) groups excluding carboxylic acids is 1. The number of aryl methyl sites for hydroxylation is 1. The third-order valence-corrected chi connectivity index (χ3v) is 10.7. The van der Waals surface area contributed by atoms with Crippen LogP contribution in [-0.4, -0.2) is 29.1 Å². The predicted molar refractivity (Wildman–Crippen MR) is 161 cm³/mol. The number of fused-ring (bicyclic) bond motifs is 4. The topological polar surface area (TPSA) is 74.0 Å². The van der Waals surface area contributed by atoms with Gasteiger partial charge in [-0.05, 0) is 13.8 Å². The maximum Gasteiger partial charge on any atom is 0 e. The molecule has 0 saturated carbocycles. The number of ketones is 1. The average molecular weight is 752 g/mol. The van der Waals surface area contributed by atoms with Crippen molar-refractivity contribution in [3.05, 3.63) is 95.9 Å². The van der Waals surface area contributed by atoms with E-state index < -0.39 is 13.3 Å². The van der Waals surface area contributed by atoms with Gasteiger partial charge in [-0.2, -0.15) is 0 Å². The molecule has 199 valence electrons. The molecule has 5 aromatic rings. The van der Waals surface area contributed by atoms with Gasteiger partial charge in [0.1, 0.15) is 0 Å². The first-order chi connectivity index (χ1) is 18.0. The molecule has 1 heterocycles. The molecule has 1 aromatic heterocycles. The van der Waals surface area contributed by atoms with Crippen molar-refractivity contribution < 1.29 is 30.0 Å². The number of aromatic nitrogens is 1. The van der Waals surface area contributed by atoms with Crippen molar-refractivity contribution in [1.82, 2.24) is 4.98 Å². The maximum atomic E-state index is 10.0. The van der Waals surface area contributed by atoms with Gasteiger partial charge < -0.3 is 5.11 Å². The van der Waals surface area contributed by atoms with E-state index in [9.17, 15) is 10.1 Å². The molecule has 0 atom stereocenters. The molecule has 4 aromatic carbocycles. The van der Waals surface area contributed by atoms with Gasteiger partial charge in [-0.25, -0.2) is 0 Å². The molecule has 4 nitrogen and oxygen atoms in total. The van der Waals surface area contributed by atoms with E-state index in [1.807, 2.05) is 36.5 Å². The molecule has 0 saturated heterocycles. The van der Waals surface area contributed by atoms with E-state index in [1.54, 1.807) is 4.40 Å². The Labute approximate surface area is 246 Å². The summed E-state index contributed by atoms with van der Waals surface area (Å²) < 4.78 is 1.54. The van der Waals surface area contributed by atoms with Crippen molar-refractivity contribution in [3.8, 4) is 17.3 Å². The Bertz CT molecular complexity index is 1780. The molecule has 1 N–H and O–H groups in total. The van der Waals surface area contributed by atoms with E-state index in [2.05, 4.69) is 66.7 Å². The Morgan fingerprint density at radius 3 is 2.26 bits per heavy atom. The first-order valence-corrected chi connectivity index (χ1v) is 19.9. The average Bonchev–Trinajstić information content (AvgIpc) is 2.86. The molecular weight excluding hydrogens is 721 g/mol. The van der Waals surface area contributed by atoms with E-state index in [0.717, 1.165) is 27.4 Å². The van der Waals surface area contributed by atoms with Crippen LogP contribution < -0.4 is 4.40 Å². The van der Waals surface area contributed by atoms with E-state index in [-0.39, 0.29) is 31.6 Å². The number of carbonyl (C=O) groups is 1. The summed E-state index contributed by atoms with van der Waals surface area (Å²) in [5, 5.41) is 24.9. The van der Waals surface area contributed by atoms with Crippen molar-refractivity contribution in [2.75, 3.05) is 0 Å². The molecule has 5 rings (SSSR count). The molecule has 0 aliphatic heterocycles. The number of nitriles is 1. The Hall–Kier alpha value is -3.30. The summed E-state index contributed by atoms with van der Waals surface area (Å²) >= 11 is -2.04. The van der Waals surface area contributed by atoms with Gasteiger partial charge in [0.2, 0.25) is 0 Å². The summed E-state index contributed by atoms with van der Waals surface area (Å²) in [4.78, 5) is 14.7. The van der Waals surface area contributed by atoms with Gasteiger partial charge in [0.15, 0.2) is 5.78 Å². The van der Waals surface area contributed by atoms with Gasteiger partial charge in [-0.15, -0.1) is 0 Å². The standard InChI is InChI=1S/C28H23GeN2.C5H8O2.Ir/c1-18-13-26-23-11-12-31-28(25(23)10-9-24(26)27(14-18)29(2,3)4)20-15-19-7-5-6-8-22(19)21(16-20)17-30;1-4(6)3-5(2)7;/h5-14,16H,1-4H3;3,6H,1-2H3;/q-1;;/b;4-3-;. The molecule has 0 aliphatic carbocycles. The van der Waals surface area contributed by atoms with Gasteiger partial charge in [-0.1, -0.05) is 0 Å². The van der Waals surface area contributed by atoms with Gasteiger partial charge in [-0.3, -0.25) is 4.79 Å². The zero-order valence-corrected chi connectivity index (χ0v) is 27.5. The fourth-order valence-corrected chi connectivity index (χ4v) is 8.36. The van der Waals surface area contributed by atoms with Crippen LogP contribution in [0.4, 0.5) is 0 Å². The van der Waals surface area contributed by atoms with Crippen LogP contribution in [0, 0.1) is 24.3 Å². The zero-order chi connectivity index (χ0) is 27.6. The Morgan fingerprint density at radius 2 is 1.64 bits per heavy atom. The summed E-state index contributed by atoms with van der Waals surface area (Å²) in [7, 11) is 0. The second-order valence-corrected chi connectivity index (χ2v) is 21.2. The summed E-state index contributed by atoms with van der Waals surface area (Å²) in [6, 6.07) is 26.9. The van der Waals surface area contributed by atoms with Crippen LogP contribution in [0.25, 0.3) is 43.6 Å². The Balaban J connectivity index is 0.000000468. The number of hydrogen-bond acceptors (Lipinski definition) is 4. The van der Waals surface area contributed by atoms with E-state index in [4.69, 9.17) is 10.1 Å². The number of allylic oxidation sites excluding steroid dienone is 2. The molecule has 0 fully saturated rings. The number of hydrogen-bond donors (Lipinski definition) is 1. The molecule has 0 bridgehead atoms. The van der Waals surface area contributed by atoms with Crippen LogP contribution in [0.3, 0.4) is 0 Å². The van der Waals surface area contributed by atoms with Crippen molar-refractivity contribution in [2.24, 2.45) is 0 Å². The quantitative estimate of drug-likeness (QED) is 0.0673. The zero-order valence-electron chi connectivity index (χ0n) is 23.0. The molecule has 6 heteroatoms. The summed E-state index contributed by atoms with van der Waals surface area (Å²) in [6.07, 6.45) is 3.05. The number of rotatable bonds is 3. The number of benzene rings is 4. The largest absolute Gasteiger partial charge is 0 e. The van der Waals surface area contributed by atoms with Gasteiger partial charge in [0.05, 0.1) is 5.76 Å². The molecule has 0 spiro atoms. The summed E-state index contributed by atoms with van der Waals surface area (Å²) in [6.45, 7) is 5.04. The smallest absolute Gasteiger partial charge is 0 e. The molecular formula is C33H31GeIrN2O2-. The van der Waals surface area contributed by atoms with Crippen LogP contribution in [0.5, 0.6) is 0 Å². The third-order valence-electron chi connectivity index (χ3n) is 6.39. The number of pyridine rings is 1. The van der Waals surface area contributed by atoms with E-state index >= 15 is 0 Å². The molecule has 39 heavy (non-hydrogen) atoms. The van der Waals surface area contributed by atoms with Crippen molar-refractivity contribution >= 4 is 55.8 Å². The second-order valence-electron chi connectivity index (χ2n) is 10.6. The van der Waals surface area contributed by atoms with Crippen LogP contribution in [0.1, 0.15) is 25.0 Å². The Morgan fingerprint density at radius 1 is 0.949 bits per heavy atom. The third kappa shape index (κ3) is 6.65. The monoisotopic (exact) mass is 754 g/mol. The first-order valence-electron chi connectivity index (χ1n) is 12.6. The fourth-order valence-electron chi connectivity index (χ4n) is 4.82.